The van der Waals surface area contributed by atoms with Gasteiger partial charge in [0.1, 0.15) is 0 Å². The van der Waals surface area contributed by atoms with Crippen LogP contribution in [0.25, 0.3) is 0 Å². The molecule has 0 bridgehead atoms. The fourth-order valence-electron chi connectivity index (χ4n) is 2.07. The Morgan fingerprint density at radius 2 is 2.09 bits per heavy atom. The molecule has 22 heavy (non-hydrogen) atoms. The van der Waals surface area contributed by atoms with Crippen molar-refractivity contribution in [2.45, 2.75) is 26.7 Å². The minimum atomic E-state index is 0. The van der Waals surface area contributed by atoms with Gasteiger partial charge >= 0.3 is 0 Å². The van der Waals surface area contributed by atoms with Crippen molar-refractivity contribution in [1.29, 1.82) is 0 Å². The number of guanidine groups is 1. The number of benzene rings is 1. The predicted molar refractivity (Wildman–Crippen MR) is 108 cm³/mol. The number of hydrogen-bond donors (Lipinski definition) is 3. The van der Waals surface area contributed by atoms with Crippen LogP contribution < -0.4 is 10.6 Å². The molecule has 0 amide bonds. The second-order valence-electron chi connectivity index (χ2n) is 4.98. The van der Waals surface area contributed by atoms with Crippen LogP contribution in [0.4, 0.5) is 0 Å². The molecule has 0 aromatic heterocycles. The molecular formula is C16H27BrIN3O. The van der Waals surface area contributed by atoms with Crippen molar-refractivity contribution in [3.05, 3.63) is 34.3 Å². The van der Waals surface area contributed by atoms with Gasteiger partial charge in [-0.05, 0) is 37.0 Å². The number of halogens is 2. The Bertz CT molecular complexity index is 443. The fourth-order valence-corrected chi connectivity index (χ4v) is 2.52. The summed E-state index contributed by atoms with van der Waals surface area (Å²) in [5.41, 5.74) is 1.33. The molecule has 0 fully saturated rings. The highest BCUT2D eigenvalue weighted by Crippen LogP contribution is 2.17. The van der Waals surface area contributed by atoms with Gasteiger partial charge in [0.25, 0.3) is 0 Å². The molecular weight excluding hydrogens is 457 g/mol. The first-order valence-corrected chi connectivity index (χ1v) is 8.36. The molecule has 1 aromatic rings. The van der Waals surface area contributed by atoms with E-state index in [9.17, 15) is 0 Å². The van der Waals surface area contributed by atoms with Crippen molar-refractivity contribution in [2.75, 3.05) is 26.2 Å². The first kappa shape index (κ1) is 21.7. The average molecular weight is 484 g/mol. The van der Waals surface area contributed by atoms with Gasteiger partial charge in [-0.15, -0.1) is 24.0 Å². The molecule has 126 valence electrons. The first-order valence-electron chi connectivity index (χ1n) is 7.57. The van der Waals surface area contributed by atoms with E-state index in [1.807, 2.05) is 13.0 Å². The lowest BCUT2D eigenvalue weighted by Crippen LogP contribution is -2.39. The topological polar surface area (TPSA) is 56.7 Å². The maximum Gasteiger partial charge on any atom is 0.191 e. The van der Waals surface area contributed by atoms with Gasteiger partial charge in [0.15, 0.2) is 5.96 Å². The van der Waals surface area contributed by atoms with Crippen molar-refractivity contribution in [1.82, 2.24) is 10.6 Å². The van der Waals surface area contributed by atoms with Crippen molar-refractivity contribution in [3.63, 3.8) is 0 Å². The number of nitrogens with one attached hydrogen (secondary N) is 2. The summed E-state index contributed by atoms with van der Waals surface area (Å²) in [5.74, 6) is 1.29. The van der Waals surface area contributed by atoms with Crippen LogP contribution >= 0.6 is 39.9 Å². The van der Waals surface area contributed by atoms with Crippen LogP contribution in [-0.4, -0.2) is 37.3 Å². The number of hydrogen-bond acceptors (Lipinski definition) is 2. The van der Waals surface area contributed by atoms with Crippen LogP contribution in [0.3, 0.4) is 0 Å². The number of aliphatic imine (C=N–C) groups is 1. The summed E-state index contributed by atoms with van der Waals surface area (Å²) in [7, 11) is 0. The highest BCUT2D eigenvalue weighted by molar-refractivity contribution is 14.0. The largest absolute Gasteiger partial charge is 0.395 e. The van der Waals surface area contributed by atoms with E-state index in [1.54, 1.807) is 0 Å². The van der Waals surface area contributed by atoms with Gasteiger partial charge in [0, 0.05) is 24.1 Å². The third-order valence-electron chi connectivity index (χ3n) is 3.25. The zero-order valence-electron chi connectivity index (χ0n) is 13.3. The zero-order valence-corrected chi connectivity index (χ0v) is 17.2. The van der Waals surface area contributed by atoms with Crippen molar-refractivity contribution in [3.8, 4) is 0 Å². The van der Waals surface area contributed by atoms with Crippen LogP contribution in [0.15, 0.2) is 33.7 Å². The molecule has 0 aliphatic heterocycles. The lowest BCUT2D eigenvalue weighted by atomic mass is 9.97. The molecule has 0 heterocycles. The van der Waals surface area contributed by atoms with Gasteiger partial charge in [0.2, 0.25) is 0 Å². The van der Waals surface area contributed by atoms with E-state index >= 15 is 0 Å². The lowest BCUT2D eigenvalue weighted by molar-refractivity contribution is 0.300. The Kier molecular flexibility index (Phi) is 12.9. The van der Waals surface area contributed by atoms with Gasteiger partial charge in [0.05, 0.1) is 6.61 Å². The Hall–Kier alpha value is -0.340. The molecule has 0 aliphatic carbocycles. The molecule has 4 nitrogen and oxygen atoms in total. The SMILES string of the molecule is CCNC(=NCC(CC)Cc1cccc(Br)c1)NCCO.I. The van der Waals surface area contributed by atoms with Crippen LogP contribution in [-0.2, 0) is 6.42 Å². The smallest absolute Gasteiger partial charge is 0.191 e. The fraction of sp³-hybridized carbons (Fsp3) is 0.562. The normalized spacial score (nSPS) is 12.5. The Morgan fingerprint density at radius 1 is 1.32 bits per heavy atom. The third-order valence-corrected chi connectivity index (χ3v) is 3.74. The maximum absolute atomic E-state index is 8.88. The summed E-state index contributed by atoms with van der Waals surface area (Å²) in [6, 6.07) is 8.45. The molecule has 6 heteroatoms. The van der Waals surface area contributed by atoms with Crippen LogP contribution in [0.5, 0.6) is 0 Å². The van der Waals surface area contributed by atoms with E-state index in [-0.39, 0.29) is 30.6 Å². The Labute approximate surface area is 159 Å². The van der Waals surface area contributed by atoms with E-state index in [1.165, 1.54) is 5.56 Å². The average Bonchev–Trinajstić information content (AvgIpc) is 2.48. The quantitative estimate of drug-likeness (QED) is 0.302. The summed E-state index contributed by atoms with van der Waals surface area (Å²) >= 11 is 3.51. The second kappa shape index (κ2) is 13.1. The number of rotatable bonds is 8. The van der Waals surface area contributed by atoms with E-state index in [0.29, 0.717) is 12.5 Å². The van der Waals surface area contributed by atoms with Gasteiger partial charge in [-0.3, -0.25) is 4.99 Å². The van der Waals surface area contributed by atoms with Crippen molar-refractivity contribution < 1.29 is 5.11 Å². The van der Waals surface area contributed by atoms with E-state index < -0.39 is 0 Å². The molecule has 1 atom stereocenters. The van der Waals surface area contributed by atoms with E-state index in [0.717, 1.165) is 36.4 Å². The highest BCUT2D eigenvalue weighted by atomic mass is 127. The zero-order chi connectivity index (χ0) is 15.5. The van der Waals surface area contributed by atoms with E-state index in [2.05, 4.69) is 56.7 Å². The molecule has 3 N–H and O–H groups in total. The Morgan fingerprint density at radius 3 is 2.68 bits per heavy atom. The molecule has 0 saturated carbocycles. The summed E-state index contributed by atoms with van der Waals surface area (Å²) in [5, 5.41) is 15.2. The van der Waals surface area contributed by atoms with Gasteiger partial charge in [-0.1, -0.05) is 41.4 Å². The predicted octanol–water partition coefficient (Wildman–Crippen LogP) is 3.18. The molecule has 1 unspecified atom stereocenters. The summed E-state index contributed by atoms with van der Waals surface area (Å²) in [6.45, 7) is 6.47. The van der Waals surface area contributed by atoms with Gasteiger partial charge < -0.3 is 15.7 Å². The maximum atomic E-state index is 8.88. The molecule has 1 aromatic carbocycles. The van der Waals surface area contributed by atoms with E-state index in [4.69, 9.17) is 5.11 Å². The molecule has 1 rings (SSSR count). The van der Waals surface area contributed by atoms with Crippen molar-refractivity contribution in [2.24, 2.45) is 10.9 Å². The first-order chi connectivity index (χ1) is 10.2. The minimum Gasteiger partial charge on any atom is -0.395 e. The number of nitrogens with zero attached hydrogens (tertiary/aromatic N) is 1. The van der Waals surface area contributed by atoms with Gasteiger partial charge in [-0.25, -0.2) is 0 Å². The molecule has 0 aliphatic rings. The van der Waals surface area contributed by atoms with Crippen LogP contribution in [0.2, 0.25) is 0 Å². The second-order valence-corrected chi connectivity index (χ2v) is 5.89. The monoisotopic (exact) mass is 483 g/mol. The van der Waals surface area contributed by atoms with Crippen LogP contribution in [0, 0.1) is 5.92 Å². The lowest BCUT2D eigenvalue weighted by Gasteiger charge is -2.15. The minimum absolute atomic E-state index is 0. The summed E-state index contributed by atoms with van der Waals surface area (Å²) < 4.78 is 1.12. The van der Waals surface area contributed by atoms with Crippen LogP contribution in [0.1, 0.15) is 25.8 Å². The van der Waals surface area contributed by atoms with Gasteiger partial charge in [-0.2, -0.15) is 0 Å². The molecule has 0 spiro atoms. The highest BCUT2D eigenvalue weighted by Gasteiger charge is 2.08. The number of aliphatic hydroxyl groups is 1. The molecule has 0 saturated heterocycles. The summed E-state index contributed by atoms with van der Waals surface area (Å²) in [4.78, 5) is 4.61. The molecule has 0 radical (unpaired) electrons. The summed E-state index contributed by atoms with van der Waals surface area (Å²) in [6.07, 6.45) is 2.12. The third kappa shape index (κ3) is 8.95. The van der Waals surface area contributed by atoms with Crippen molar-refractivity contribution >= 4 is 45.9 Å². The Balaban J connectivity index is 0.00000441. The standard InChI is InChI=1S/C16H26BrN3O.HI/c1-3-13(10-14-6-5-7-15(17)11-14)12-20-16(18-4-2)19-8-9-21;/h5-7,11,13,21H,3-4,8-10,12H2,1-2H3,(H2,18,19,20);1H. The number of aliphatic hydroxyl groups excluding tert-OH is 1.